The van der Waals surface area contributed by atoms with Gasteiger partial charge in [-0.05, 0) is 43.7 Å². The highest BCUT2D eigenvalue weighted by atomic mass is 32.2. The lowest BCUT2D eigenvalue weighted by Gasteiger charge is -2.07. The van der Waals surface area contributed by atoms with Gasteiger partial charge < -0.3 is 4.74 Å². The third-order valence-corrected chi connectivity index (χ3v) is 5.34. The van der Waals surface area contributed by atoms with Gasteiger partial charge >= 0.3 is 5.97 Å². The smallest absolute Gasteiger partial charge is 0.341 e. The second-order valence-electron chi connectivity index (χ2n) is 6.23. The fourth-order valence-corrected chi connectivity index (χ4v) is 3.77. The van der Waals surface area contributed by atoms with Crippen LogP contribution >= 0.6 is 11.8 Å². The average Bonchev–Trinajstić information content (AvgIpc) is 3.11. The Hall–Kier alpha value is -3.12. The minimum absolute atomic E-state index is 0.327. The van der Waals surface area contributed by atoms with Crippen molar-refractivity contribution in [2.75, 3.05) is 6.61 Å². The first-order valence-electron chi connectivity index (χ1n) is 9.01. The summed E-state index contributed by atoms with van der Waals surface area (Å²) in [6, 6.07) is 18.6. The van der Waals surface area contributed by atoms with E-state index in [2.05, 4.69) is 46.5 Å². The Morgan fingerprint density at radius 3 is 2.50 bits per heavy atom. The molecule has 0 unspecified atom stereocenters. The summed E-state index contributed by atoms with van der Waals surface area (Å²) < 4.78 is 6.71. The van der Waals surface area contributed by atoms with E-state index in [1.165, 1.54) is 9.79 Å². The third kappa shape index (κ3) is 3.64. The number of rotatable bonds is 5. The van der Waals surface area contributed by atoms with Crippen molar-refractivity contribution in [1.82, 2.24) is 14.6 Å². The number of esters is 1. The molecule has 2 heterocycles. The van der Waals surface area contributed by atoms with E-state index in [1.54, 1.807) is 35.6 Å². The lowest BCUT2D eigenvalue weighted by Crippen LogP contribution is -2.10. The normalized spacial score (nSPS) is 10.9. The molecule has 2 aromatic heterocycles. The molecule has 0 amide bonds. The van der Waals surface area contributed by atoms with E-state index >= 15 is 0 Å². The third-order valence-electron chi connectivity index (χ3n) is 4.32. The van der Waals surface area contributed by atoms with Crippen molar-refractivity contribution in [3.63, 3.8) is 0 Å². The maximum atomic E-state index is 12.1. The molecule has 0 atom stereocenters. The molecule has 6 heteroatoms. The van der Waals surface area contributed by atoms with E-state index in [4.69, 9.17) is 4.74 Å². The summed E-state index contributed by atoms with van der Waals surface area (Å²) in [4.78, 5) is 19.0. The van der Waals surface area contributed by atoms with Gasteiger partial charge in [0, 0.05) is 21.6 Å². The van der Waals surface area contributed by atoms with E-state index in [1.807, 2.05) is 25.1 Å². The molecule has 0 aliphatic heterocycles. The van der Waals surface area contributed by atoms with Crippen molar-refractivity contribution in [1.29, 1.82) is 0 Å². The van der Waals surface area contributed by atoms with Crippen LogP contribution in [0.1, 0.15) is 23.0 Å². The summed E-state index contributed by atoms with van der Waals surface area (Å²) >= 11 is 1.72. The Morgan fingerprint density at radius 2 is 1.79 bits per heavy atom. The zero-order chi connectivity index (χ0) is 19.5. The zero-order valence-electron chi connectivity index (χ0n) is 15.6. The number of aryl methyl sites for hydroxylation is 1. The van der Waals surface area contributed by atoms with Crippen LogP contribution in [-0.4, -0.2) is 27.2 Å². The van der Waals surface area contributed by atoms with Gasteiger partial charge in [-0.25, -0.2) is 14.3 Å². The van der Waals surface area contributed by atoms with Crippen LogP contribution in [0.4, 0.5) is 0 Å². The molecule has 140 valence electrons. The minimum Gasteiger partial charge on any atom is -0.462 e. The molecule has 0 radical (unpaired) electrons. The van der Waals surface area contributed by atoms with Gasteiger partial charge in [-0.1, -0.05) is 42.1 Å². The zero-order valence-corrected chi connectivity index (χ0v) is 16.4. The predicted molar refractivity (Wildman–Crippen MR) is 110 cm³/mol. The number of carbonyl (C=O) groups is 1. The van der Waals surface area contributed by atoms with Crippen LogP contribution in [0.15, 0.2) is 76.8 Å². The van der Waals surface area contributed by atoms with Gasteiger partial charge in [0.05, 0.1) is 24.1 Å². The average molecular weight is 389 g/mol. The lowest BCUT2D eigenvalue weighted by atomic mass is 10.1. The first-order valence-corrected chi connectivity index (χ1v) is 9.83. The lowest BCUT2D eigenvalue weighted by molar-refractivity contribution is 0.0524. The molecule has 5 nitrogen and oxygen atoms in total. The van der Waals surface area contributed by atoms with Crippen molar-refractivity contribution in [3.05, 3.63) is 78.2 Å². The molecule has 0 aliphatic carbocycles. The largest absolute Gasteiger partial charge is 0.462 e. The Balaban J connectivity index is 1.64. The van der Waals surface area contributed by atoms with Crippen molar-refractivity contribution >= 4 is 23.4 Å². The molecule has 0 bridgehead atoms. The van der Waals surface area contributed by atoms with Crippen LogP contribution in [0.3, 0.4) is 0 Å². The molecule has 0 saturated heterocycles. The summed E-state index contributed by atoms with van der Waals surface area (Å²) in [5, 5.41) is 4.37. The molecular formula is C22H19N3O2S. The van der Waals surface area contributed by atoms with Gasteiger partial charge in [-0.15, -0.1) is 0 Å². The van der Waals surface area contributed by atoms with Gasteiger partial charge in [-0.3, -0.25) is 0 Å². The van der Waals surface area contributed by atoms with Crippen molar-refractivity contribution in [2.24, 2.45) is 0 Å². The summed E-state index contributed by atoms with van der Waals surface area (Å²) in [6.45, 7) is 3.92. The quantitative estimate of drug-likeness (QED) is 0.448. The molecule has 28 heavy (non-hydrogen) atoms. The van der Waals surface area contributed by atoms with Gasteiger partial charge in [0.25, 0.3) is 0 Å². The van der Waals surface area contributed by atoms with E-state index in [0.717, 1.165) is 11.1 Å². The first kappa shape index (κ1) is 18.3. The number of aromatic nitrogens is 3. The number of hydrogen-bond donors (Lipinski definition) is 0. The summed E-state index contributed by atoms with van der Waals surface area (Å²) in [5.41, 5.74) is 3.73. The Morgan fingerprint density at radius 1 is 1.07 bits per heavy atom. The van der Waals surface area contributed by atoms with Crippen molar-refractivity contribution in [3.8, 4) is 11.1 Å². The minimum atomic E-state index is -0.381. The number of nitrogens with zero attached hydrogens (tertiary/aromatic N) is 3. The number of benzene rings is 2. The van der Waals surface area contributed by atoms with Crippen LogP contribution < -0.4 is 0 Å². The standard InChI is InChI=1S/C22H19N3O2S/c1-3-27-22(26)20-14-25-21(24-15(20)2)19(13-23-25)16-9-11-18(12-10-16)28-17-7-5-4-6-8-17/h4-14H,3H2,1-2H3. The van der Waals surface area contributed by atoms with Crippen molar-refractivity contribution < 1.29 is 9.53 Å². The predicted octanol–water partition coefficient (Wildman–Crippen LogP) is 5.03. The topological polar surface area (TPSA) is 56.5 Å². The Labute approximate surface area is 167 Å². The van der Waals surface area contributed by atoms with E-state index in [-0.39, 0.29) is 5.97 Å². The number of carbonyl (C=O) groups excluding carboxylic acids is 1. The molecular weight excluding hydrogens is 370 g/mol. The van der Waals surface area contributed by atoms with Gasteiger partial charge in [0.15, 0.2) is 5.65 Å². The number of ether oxygens (including phenoxy) is 1. The molecule has 0 N–H and O–H groups in total. The SMILES string of the molecule is CCOC(=O)c1cn2ncc(-c3ccc(Sc4ccccc4)cc3)c2nc1C. The van der Waals surface area contributed by atoms with Crippen LogP contribution in [0.5, 0.6) is 0 Å². The summed E-state index contributed by atoms with van der Waals surface area (Å²) in [7, 11) is 0. The summed E-state index contributed by atoms with van der Waals surface area (Å²) in [5.74, 6) is -0.381. The van der Waals surface area contributed by atoms with Crippen molar-refractivity contribution in [2.45, 2.75) is 23.6 Å². The number of hydrogen-bond acceptors (Lipinski definition) is 5. The molecule has 0 spiro atoms. The second kappa shape index (κ2) is 7.86. The Kier molecular flexibility index (Phi) is 5.12. The summed E-state index contributed by atoms with van der Waals surface area (Å²) in [6.07, 6.45) is 3.45. The van der Waals surface area contributed by atoms with E-state index in [9.17, 15) is 4.79 Å². The molecule has 4 rings (SSSR count). The highest BCUT2D eigenvalue weighted by Crippen LogP contribution is 2.30. The van der Waals surface area contributed by atoms with Gasteiger partial charge in [-0.2, -0.15) is 5.10 Å². The molecule has 0 aliphatic rings. The molecule has 0 fully saturated rings. The van der Waals surface area contributed by atoms with E-state index < -0.39 is 0 Å². The molecule has 2 aromatic carbocycles. The fourth-order valence-electron chi connectivity index (χ4n) is 2.94. The van der Waals surface area contributed by atoms with E-state index in [0.29, 0.717) is 23.5 Å². The van der Waals surface area contributed by atoms with Gasteiger partial charge in [0.1, 0.15) is 0 Å². The molecule has 4 aromatic rings. The van der Waals surface area contributed by atoms with Crippen LogP contribution in [-0.2, 0) is 4.74 Å². The van der Waals surface area contributed by atoms with Crippen LogP contribution in [0.2, 0.25) is 0 Å². The Bertz CT molecular complexity index is 1120. The van der Waals surface area contributed by atoms with Crippen LogP contribution in [0, 0.1) is 6.92 Å². The maximum Gasteiger partial charge on any atom is 0.341 e. The maximum absolute atomic E-state index is 12.1. The fraction of sp³-hybridized carbons (Fsp3) is 0.136. The van der Waals surface area contributed by atoms with Gasteiger partial charge in [0.2, 0.25) is 0 Å². The van der Waals surface area contributed by atoms with Crippen LogP contribution in [0.25, 0.3) is 16.8 Å². The highest BCUT2D eigenvalue weighted by molar-refractivity contribution is 7.99. The highest BCUT2D eigenvalue weighted by Gasteiger charge is 2.16. The second-order valence-corrected chi connectivity index (χ2v) is 7.37. The first-order chi connectivity index (χ1) is 13.7. The molecule has 0 saturated carbocycles. The monoisotopic (exact) mass is 389 g/mol. The number of fused-ring (bicyclic) bond motifs is 1.